The fraction of sp³-hybridized carbons (Fsp3) is 0.154. The van der Waals surface area contributed by atoms with Gasteiger partial charge in [-0.15, -0.1) is 0 Å². The summed E-state index contributed by atoms with van der Waals surface area (Å²) in [7, 11) is 0. The second kappa shape index (κ2) is 6.42. The first-order chi connectivity index (χ1) is 10.1. The number of aromatic nitrogens is 2. The van der Waals surface area contributed by atoms with Crippen LogP contribution in [0.3, 0.4) is 0 Å². The van der Waals surface area contributed by atoms with Gasteiger partial charge >= 0.3 is 0 Å². The number of hydrogen-bond acceptors (Lipinski definition) is 6. The zero-order chi connectivity index (χ0) is 15.2. The highest BCUT2D eigenvalue weighted by Crippen LogP contribution is 2.29. The van der Waals surface area contributed by atoms with E-state index in [0.29, 0.717) is 12.4 Å². The van der Waals surface area contributed by atoms with Gasteiger partial charge in [-0.1, -0.05) is 0 Å². The van der Waals surface area contributed by atoms with Crippen LogP contribution in [-0.4, -0.2) is 27.4 Å². The highest BCUT2D eigenvalue weighted by Gasteiger charge is 2.18. The minimum atomic E-state index is -0.588. The van der Waals surface area contributed by atoms with E-state index in [1.807, 2.05) is 0 Å². The van der Waals surface area contributed by atoms with Gasteiger partial charge in [-0.05, 0) is 19.1 Å². The Hall–Kier alpha value is -3.03. The first-order valence-electron chi connectivity index (χ1n) is 6.10. The van der Waals surface area contributed by atoms with Crippen molar-refractivity contribution in [1.29, 1.82) is 0 Å². The molecule has 0 fully saturated rings. The van der Waals surface area contributed by atoms with E-state index in [0.717, 1.165) is 0 Å². The summed E-state index contributed by atoms with van der Waals surface area (Å²) < 4.78 is 5.20. The predicted octanol–water partition coefficient (Wildman–Crippen LogP) is 2.04. The topological polar surface area (TPSA) is 107 Å². The molecule has 0 aliphatic rings. The van der Waals surface area contributed by atoms with Crippen molar-refractivity contribution in [2.75, 3.05) is 11.9 Å². The number of carbonyl (C=O) groups is 1. The lowest BCUT2D eigenvalue weighted by molar-refractivity contribution is -0.384. The molecule has 1 amide bonds. The number of nitrogens with one attached hydrogen (secondary N) is 1. The molecule has 1 aromatic heterocycles. The predicted molar refractivity (Wildman–Crippen MR) is 74.3 cm³/mol. The molecule has 0 radical (unpaired) electrons. The van der Waals surface area contributed by atoms with Crippen LogP contribution in [0, 0.1) is 10.1 Å². The molecule has 0 spiro atoms. The maximum atomic E-state index is 11.9. The number of nitro benzene ring substituents is 1. The number of amides is 1. The Morgan fingerprint density at radius 2 is 2.24 bits per heavy atom. The molecular weight excluding hydrogens is 276 g/mol. The fourth-order valence-electron chi connectivity index (χ4n) is 1.63. The summed E-state index contributed by atoms with van der Waals surface area (Å²) >= 11 is 0. The number of anilines is 1. The zero-order valence-electron chi connectivity index (χ0n) is 11.1. The van der Waals surface area contributed by atoms with E-state index in [1.165, 1.54) is 30.7 Å². The minimum absolute atomic E-state index is 0.0686. The van der Waals surface area contributed by atoms with Crippen molar-refractivity contribution in [3.8, 4) is 5.75 Å². The van der Waals surface area contributed by atoms with Crippen molar-refractivity contribution < 1.29 is 14.5 Å². The van der Waals surface area contributed by atoms with E-state index >= 15 is 0 Å². The molecule has 108 valence electrons. The van der Waals surface area contributed by atoms with Gasteiger partial charge in [0.25, 0.3) is 11.6 Å². The van der Waals surface area contributed by atoms with Gasteiger partial charge in [0.15, 0.2) is 0 Å². The van der Waals surface area contributed by atoms with Crippen molar-refractivity contribution in [1.82, 2.24) is 9.97 Å². The highest BCUT2D eigenvalue weighted by molar-refractivity contribution is 6.03. The number of nitrogens with zero attached hydrogens (tertiary/aromatic N) is 3. The molecule has 0 aliphatic carbocycles. The monoisotopic (exact) mass is 288 g/mol. The SMILES string of the molecule is CCOc1ccc(NC(=O)c2cnccn2)c([N+](=O)[O-])c1. The number of carbonyl (C=O) groups excluding carboxylic acids is 1. The van der Waals surface area contributed by atoms with Crippen LogP contribution in [0.25, 0.3) is 0 Å². The molecule has 8 nitrogen and oxygen atoms in total. The summed E-state index contributed by atoms with van der Waals surface area (Å²) in [5, 5.41) is 13.5. The largest absolute Gasteiger partial charge is 0.494 e. The van der Waals surface area contributed by atoms with Crippen LogP contribution in [0.1, 0.15) is 17.4 Å². The molecule has 21 heavy (non-hydrogen) atoms. The second-order valence-corrected chi connectivity index (χ2v) is 3.91. The lowest BCUT2D eigenvalue weighted by Crippen LogP contribution is -2.14. The van der Waals surface area contributed by atoms with Crippen LogP contribution in [0.5, 0.6) is 5.75 Å². The van der Waals surface area contributed by atoms with Gasteiger partial charge in [-0.3, -0.25) is 19.9 Å². The van der Waals surface area contributed by atoms with E-state index < -0.39 is 10.8 Å². The first kappa shape index (κ1) is 14.4. The number of nitro groups is 1. The summed E-state index contributed by atoms with van der Waals surface area (Å²) in [6, 6.07) is 4.22. The Morgan fingerprint density at radius 1 is 1.43 bits per heavy atom. The summed E-state index contributed by atoms with van der Waals surface area (Å²) in [4.78, 5) is 30.0. The van der Waals surface area contributed by atoms with E-state index in [1.54, 1.807) is 13.0 Å². The number of ether oxygens (including phenoxy) is 1. The van der Waals surface area contributed by atoms with Crippen LogP contribution < -0.4 is 10.1 Å². The van der Waals surface area contributed by atoms with Gasteiger partial charge in [0.1, 0.15) is 17.1 Å². The number of hydrogen-bond donors (Lipinski definition) is 1. The highest BCUT2D eigenvalue weighted by atomic mass is 16.6. The summed E-state index contributed by atoms with van der Waals surface area (Å²) in [6.45, 7) is 2.16. The van der Waals surface area contributed by atoms with E-state index in [-0.39, 0.29) is 17.1 Å². The third-order valence-electron chi connectivity index (χ3n) is 2.52. The molecule has 1 aromatic carbocycles. The molecular formula is C13H12N4O4. The third-order valence-corrected chi connectivity index (χ3v) is 2.52. The Bertz CT molecular complexity index is 660. The van der Waals surface area contributed by atoms with Crippen LogP contribution in [0.4, 0.5) is 11.4 Å². The smallest absolute Gasteiger partial charge is 0.296 e. The molecule has 0 bridgehead atoms. The van der Waals surface area contributed by atoms with Crippen molar-refractivity contribution in [2.24, 2.45) is 0 Å². The first-order valence-corrected chi connectivity index (χ1v) is 6.10. The van der Waals surface area contributed by atoms with Crippen LogP contribution in [0.15, 0.2) is 36.8 Å². The molecule has 0 saturated heterocycles. The molecule has 0 aliphatic heterocycles. The lowest BCUT2D eigenvalue weighted by Gasteiger charge is -2.07. The van der Waals surface area contributed by atoms with E-state index in [4.69, 9.17) is 4.74 Å². The Balaban J connectivity index is 2.27. The minimum Gasteiger partial charge on any atom is -0.494 e. The van der Waals surface area contributed by atoms with Crippen LogP contribution >= 0.6 is 0 Å². The van der Waals surface area contributed by atoms with E-state index in [9.17, 15) is 14.9 Å². The molecule has 1 heterocycles. The van der Waals surface area contributed by atoms with Crippen molar-refractivity contribution >= 4 is 17.3 Å². The van der Waals surface area contributed by atoms with Gasteiger partial charge in [-0.2, -0.15) is 0 Å². The number of benzene rings is 1. The molecule has 2 rings (SSSR count). The zero-order valence-corrected chi connectivity index (χ0v) is 11.1. The maximum absolute atomic E-state index is 11.9. The molecule has 2 aromatic rings. The van der Waals surface area contributed by atoms with Gasteiger partial charge in [0.05, 0.1) is 23.8 Å². The lowest BCUT2D eigenvalue weighted by atomic mass is 10.2. The van der Waals surface area contributed by atoms with Gasteiger partial charge in [0, 0.05) is 12.4 Å². The van der Waals surface area contributed by atoms with E-state index in [2.05, 4.69) is 15.3 Å². The van der Waals surface area contributed by atoms with Crippen molar-refractivity contribution in [3.63, 3.8) is 0 Å². The van der Waals surface area contributed by atoms with Crippen LogP contribution in [-0.2, 0) is 0 Å². The summed E-state index contributed by atoms with van der Waals surface area (Å²) in [5.41, 5.74) is -0.113. The van der Waals surface area contributed by atoms with Gasteiger partial charge in [0.2, 0.25) is 0 Å². The molecule has 1 N–H and O–H groups in total. The van der Waals surface area contributed by atoms with Crippen molar-refractivity contribution in [3.05, 3.63) is 52.6 Å². The average molecular weight is 288 g/mol. The average Bonchev–Trinajstić information content (AvgIpc) is 2.49. The normalized spacial score (nSPS) is 9.95. The summed E-state index contributed by atoms with van der Waals surface area (Å²) in [6.07, 6.45) is 4.06. The number of rotatable bonds is 5. The third kappa shape index (κ3) is 3.50. The fourth-order valence-corrected chi connectivity index (χ4v) is 1.63. The Kier molecular flexibility index (Phi) is 4.39. The maximum Gasteiger partial charge on any atom is 0.296 e. The Labute approximate surface area is 120 Å². The second-order valence-electron chi connectivity index (χ2n) is 3.91. The van der Waals surface area contributed by atoms with Crippen LogP contribution in [0.2, 0.25) is 0 Å². The molecule has 0 saturated carbocycles. The van der Waals surface area contributed by atoms with Crippen molar-refractivity contribution in [2.45, 2.75) is 6.92 Å². The molecule has 0 unspecified atom stereocenters. The Morgan fingerprint density at radius 3 is 2.86 bits per heavy atom. The van der Waals surface area contributed by atoms with Gasteiger partial charge < -0.3 is 10.1 Å². The quantitative estimate of drug-likeness (QED) is 0.666. The van der Waals surface area contributed by atoms with Gasteiger partial charge in [-0.25, -0.2) is 4.98 Å². The standard InChI is InChI=1S/C13H12N4O4/c1-2-21-9-3-4-10(12(7-9)17(19)20)16-13(18)11-8-14-5-6-15-11/h3-8H,2H2,1H3,(H,16,18). The summed E-state index contributed by atoms with van der Waals surface area (Å²) in [5.74, 6) is -0.211. The molecule has 0 atom stereocenters. The molecule has 8 heteroatoms.